The van der Waals surface area contributed by atoms with Crippen molar-refractivity contribution in [3.8, 4) is 0 Å². The van der Waals surface area contributed by atoms with Crippen LogP contribution >= 0.6 is 12.4 Å². The number of amides is 2. The van der Waals surface area contributed by atoms with Gasteiger partial charge >= 0.3 is 0 Å². The molecule has 0 unspecified atom stereocenters. The van der Waals surface area contributed by atoms with Gasteiger partial charge in [0.2, 0.25) is 11.8 Å². The Morgan fingerprint density at radius 2 is 1.80 bits per heavy atom. The molecule has 0 radical (unpaired) electrons. The second-order valence-corrected chi connectivity index (χ2v) is 5.66. The fourth-order valence-corrected chi connectivity index (χ4v) is 2.93. The summed E-state index contributed by atoms with van der Waals surface area (Å²) in [7, 11) is 0. The third-order valence-corrected chi connectivity index (χ3v) is 4.06. The molecule has 0 aromatic heterocycles. The predicted octanol–water partition coefficient (Wildman–Crippen LogP) is 0.973. The molecular formula is C14H26ClN3O2. The Morgan fingerprint density at radius 1 is 1.05 bits per heavy atom. The lowest BCUT2D eigenvalue weighted by atomic mass is 9.89. The van der Waals surface area contributed by atoms with Gasteiger partial charge in [-0.25, -0.2) is 0 Å². The molecule has 0 aromatic rings. The van der Waals surface area contributed by atoms with Gasteiger partial charge in [-0.05, 0) is 32.2 Å². The van der Waals surface area contributed by atoms with Crippen molar-refractivity contribution in [2.75, 3.05) is 19.6 Å². The zero-order chi connectivity index (χ0) is 13.5. The van der Waals surface area contributed by atoms with Crippen LogP contribution < -0.4 is 16.0 Å². The van der Waals surface area contributed by atoms with Crippen LogP contribution in [-0.2, 0) is 9.59 Å². The van der Waals surface area contributed by atoms with E-state index in [0.29, 0.717) is 0 Å². The number of rotatable bonds is 4. The quantitative estimate of drug-likeness (QED) is 0.725. The van der Waals surface area contributed by atoms with Crippen molar-refractivity contribution in [2.45, 2.75) is 51.0 Å². The van der Waals surface area contributed by atoms with Gasteiger partial charge in [0.25, 0.3) is 0 Å². The first-order valence-electron chi connectivity index (χ1n) is 7.53. The Kier molecular flexibility index (Phi) is 7.92. The summed E-state index contributed by atoms with van der Waals surface area (Å²) in [6.45, 7) is 1.99. The molecule has 20 heavy (non-hydrogen) atoms. The van der Waals surface area contributed by atoms with Crippen molar-refractivity contribution < 1.29 is 9.59 Å². The molecule has 1 aliphatic heterocycles. The summed E-state index contributed by atoms with van der Waals surface area (Å²) in [6, 6.07) is 0.216. The fourth-order valence-electron chi connectivity index (χ4n) is 2.93. The van der Waals surface area contributed by atoms with Crippen molar-refractivity contribution in [2.24, 2.45) is 5.92 Å². The highest BCUT2D eigenvalue weighted by Gasteiger charge is 2.22. The van der Waals surface area contributed by atoms with Gasteiger partial charge in [-0.15, -0.1) is 12.4 Å². The molecule has 0 aromatic carbocycles. The molecule has 2 aliphatic rings. The summed E-state index contributed by atoms with van der Waals surface area (Å²) in [5.74, 6) is 0.104. The highest BCUT2D eigenvalue weighted by molar-refractivity contribution is 5.86. The van der Waals surface area contributed by atoms with E-state index in [1.807, 2.05) is 0 Å². The van der Waals surface area contributed by atoms with E-state index in [1.165, 1.54) is 6.42 Å². The fraction of sp³-hybridized carbons (Fsp3) is 0.857. The van der Waals surface area contributed by atoms with Crippen molar-refractivity contribution >= 4 is 24.2 Å². The Bertz CT molecular complexity index is 314. The smallest absolute Gasteiger partial charge is 0.239 e. The number of nitrogens with one attached hydrogen (secondary N) is 3. The zero-order valence-corrected chi connectivity index (χ0v) is 12.8. The number of hydrogen-bond donors (Lipinski definition) is 3. The highest BCUT2D eigenvalue weighted by Crippen LogP contribution is 2.23. The summed E-state index contributed by atoms with van der Waals surface area (Å²) < 4.78 is 0. The number of carbonyl (C=O) groups is 2. The van der Waals surface area contributed by atoms with Gasteiger partial charge in [-0.2, -0.15) is 0 Å². The standard InChI is InChI=1S/C14H25N3O2.ClH/c18-13(17-12-7-4-8-15-9-12)10-16-14(19)11-5-2-1-3-6-11;/h11-12,15H,1-10H2,(H,16,19)(H,17,18);1H/t12-;/m0./s1. The molecule has 5 nitrogen and oxygen atoms in total. The van der Waals surface area contributed by atoms with E-state index in [2.05, 4.69) is 16.0 Å². The summed E-state index contributed by atoms with van der Waals surface area (Å²) >= 11 is 0. The van der Waals surface area contributed by atoms with Gasteiger partial charge in [0.05, 0.1) is 6.54 Å². The van der Waals surface area contributed by atoms with Crippen molar-refractivity contribution in [3.63, 3.8) is 0 Å². The molecule has 1 aliphatic carbocycles. The van der Waals surface area contributed by atoms with Gasteiger partial charge < -0.3 is 16.0 Å². The molecule has 0 bridgehead atoms. The van der Waals surface area contributed by atoms with E-state index in [4.69, 9.17) is 0 Å². The van der Waals surface area contributed by atoms with Crippen molar-refractivity contribution in [3.05, 3.63) is 0 Å². The molecule has 116 valence electrons. The maximum Gasteiger partial charge on any atom is 0.239 e. The first-order chi connectivity index (χ1) is 9.25. The van der Waals surface area contributed by atoms with Crippen LogP contribution in [0.25, 0.3) is 0 Å². The minimum Gasteiger partial charge on any atom is -0.351 e. The lowest BCUT2D eigenvalue weighted by Gasteiger charge is -2.24. The summed E-state index contributed by atoms with van der Waals surface area (Å²) in [4.78, 5) is 23.6. The van der Waals surface area contributed by atoms with Gasteiger partial charge in [-0.1, -0.05) is 19.3 Å². The molecular weight excluding hydrogens is 278 g/mol. The Hall–Kier alpha value is -0.810. The van der Waals surface area contributed by atoms with Crippen LogP contribution in [0.4, 0.5) is 0 Å². The van der Waals surface area contributed by atoms with Crippen LogP contribution in [-0.4, -0.2) is 37.5 Å². The van der Waals surface area contributed by atoms with Gasteiger partial charge in [0.15, 0.2) is 0 Å². The molecule has 1 heterocycles. The van der Waals surface area contributed by atoms with E-state index in [1.54, 1.807) is 0 Å². The van der Waals surface area contributed by atoms with Gasteiger partial charge in [0.1, 0.15) is 0 Å². The highest BCUT2D eigenvalue weighted by atomic mass is 35.5. The first-order valence-corrected chi connectivity index (χ1v) is 7.53. The largest absolute Gasteiger partial charge is 0.351 e. The Morgan fingerprint density at radius 3 is 2.45 bits per heavy atom. The minimum atomic E-state index is -0.0714. The first kappa shape index (κ1) is 17.2. The third kappa shape index (κ3) is 5.67. The molecule has 1 saturated heterocycles. The maximum atomic E-state index is 11.9. The molecule has 2 amide bonds. The molecule has 2 fully saturated rings. The minimum absolute atomic E-state index is 0. The molecule has 0 spiro atoms. The van der Waals surface area contributed by atoms with E-state index in [-0.39, 0.29) is 42.7 Å². The van der Waals surface area contributed by atoms with E-state index < -0.39 is 0 Å². The lowest BCUT2D eigenvalue weighted by molar-refractivity contribution is -0.129. The molecule has 1 atom stereocenters. The monoisotopic (exact) mass is 303 g/mol. The zero-order valence-electron chi connectivity index (χ0n) is 12.0. The number of hydrogen-bond acceptors (Lipinski definition) is 3. The Balaban J connectivity index is 0.00000200. The summed E-state index contributed by atoms with van der Waals surface area (Å²) in [5, 5.41) is 8.99. The normalized spacial score (nSPS) is 23.5. The topological polar surface area (TPSA) is 70.2 Å². The van der Waals surface area contributed by atoms with Crippen LogP contribution in [0.1, 0.15) is 44.9 Å². The lowest BCUT2D eigenvalue weighted by Crippen LogP contribution is -2.49. The van der Waals surface area contributed by atoms with Crippen LogP contribution in [0.2, 0.25) is 0 Å². The number of halogens is 1. The second-order valence-electron chi connectivity index (χ2n) is 5.66. The van der Waals surface area contributed by atoms with Gasteiger partial charge in [-0.3, -0.25) is 9.59 Å². The van der Waals surface area contributed by atoms with Crippen LogP contribution in [0.15, 0.2) is 0 Å². The summed E-state index contributed by atoms with van der Waals surface area (Å²) in [6.07, 6.45) is 7.57. The second kappa shape index (κ2) is 9.19. The van der Waals surface area contributed by atoms with Crippen molar-refractivity contribution in [1.82, 2.24) is 16.0 Å². The molecule has 1 saturated carbocycles. The third-order valence-electron chi connectivity index (χ3n) is 4.06. The SMILES string of the molecule is Cl.O=C(CNC(=O)C1CCCCC1)N[C@H]1CCCNC1. The number of carbonyl (C=O) groups excluding carboxylic acids is 2. The van der Waals surface area contributed by atoms with Crippen LogP contribution in [0.5, 0.6) is 0 Å². The van der Waals surface area contributed by atoms with Crippen LogP contribution in [0, 0.1) is 5.92 Å². The van der Waals surface area contributed by atoms with Crippen LogP contribution in [0.3, 0.4) is 0 Å². The average molecular weight is 304 g/mol. The molecule has 3 N–H and O–H groups in total. The van der Waals surface area contributed by atoms with E-state index in [9.17, 15) is 9.59 Å². The van der Waals surface area contributed by atoms with E-state index in [0.717, 1.165) is 51.6 Å². The van der Waals surface area contributed by atoms with E-state index >= 15 is 0 Å². The summed E-state index contributed by atoms with van der Waals surface area (Å²) in [5.41, 5.74) is 0. The average Bonchev–Trinajstić information content (AvgIpc) is 2.47. The molecule has 6 heteroatoms. The predicted molar refractivity (Wildman–Crippen MR) is 80.9 cm³/mol. The van der Waals surface area contributed by atoms with Gasteiger partial charge in [0, 0.05) is 18.5 Å². The number of piperidine rings is 1. The van der Waals surface area contributed by atoms with Crippen molar-refractivity contribution in [1.29, 1.82) is 0 Å². The Labute approximate surface area is 127 Å². The maximum absolute atomic E-state index is 11.9. The molecule has 2 rings (SSSR count).